The molecule has 1 aliphatic carbocycles. The molecule has 3 rings (SSSR count). The molecule has 98 valence electrons. The van der Waals surface area contributed by atoms with Gasteiger partial charge < -0.3 is 5.32 Å². The highest BCUT2D eigenvalue weighted by Gasteiger charge is 2.30. The second-order valence-corrected chi connectivity index (χ2v) is 5.94. The number of nitrogens with zero attached hydrogens (tertiary/aromatic N) is 1. The first-order valence-corrected chi connectivity index (χ1v) is 7.41. The summed E-state index contributed by atoms with van der Waals surface area (Å²) in [4.78, 5) is 2.67. The third-order valence-corrected chi connectivity index (χ3v) is 4.67. The molecule has 1 aromatic carbocycles. The van der Waals surface area contributed by atoms with Crippen molar-refractivity contribution in [2.45, 2.75) is 31.2 Å². The van der Waals surface area contributed by atoms with E-state index < -0.39 is 0 Å². The Hall–Kier alpha value is -0.570. The van der Waals surface area contributed by atoms with Crippen LogP contribution in [0.25, 0.3) is 0 Å². The first-order chi connectivity index (χ1) is 8.83. The van der Waals surface area contributed by atoms with Crippen molar-refractivity contribution in [3.8, 4) is 0 Å². The minimum Gasteiger partial charge on any atom is -0.314 e. The van der Waals surface area contributed by atoms with Crippen LogP contribution in [-0.2, 0) is 0 Å². The molecule has 0 spiro atoms. The Balaban J connectivity index is 1.62. The molecule has 1 N–H and O–H groups in total. The van der Waals surface area contributed by atoms with E-state index >= 15 is 0 Å². The summed E-state index contributed by atoms with van der Waals surface area (Å²) >= 11 is 5.95. The second kappa shape index (κ2) is 5.60. The van der Waals surface area contributed by atoms with Gasteiger partial charge in [0.1, 0.15) is 0 Å². The molecule has 0 radical (unpaired) electrons. The number of benzene rings is 1. The molecule has 1 saturated heterocycles. The zero-order chi connectivity index (χ0) is 12.4. The van der Waals surface area contributed by atoms with Crippen molar-refractivity contribution < 1.29 is 0 Å². The Morgan fingerprint density at radius 2 is 1.78 bits per heavy atom. The first kappa shape index (κ1) is 12.5. The van der Waals surface area contributed by atoms with Crippen LogP contribution >= 0.6 is 11.6 Å². The van der Waals surface area contributed by atoms with Gasteiger partial charge in [-0.3, -0.25) is 4.90 Å². The highest BCUT2D eigenvalue weighted by molar-refractivity contribution is 6.30. The van der Waals surface area contributed by atoms with E-state index in [-0.39, 0.29) is 0 Å². The van der Waals surface area contributed by atoms with Crippen LogP contribution in [0.4, 0.5) is 0 Å². The van der Waals surface area contributed by atoms with Crippen LogP contribution in [0.2, 0.25) is 5.02 Å². The van der Waals surface area contributed by atoms with Crippen LogP contribution in [0.3, 0.4) is 0 Å². The lowest BCUT2D eigenvalue weighted by atomic mass is 9.97. The Bertz CT molecular complexity index is 384. The van der Waals surface area contributed by atoms with E-state index in [9.17, 15) is 0 Å². The quantitative estimate of drug-likeness (QED) is 0.884. The molecule has 0 bridgehead atoms. The number of rotatable bonds is 2. The van der Waals surface area contributed by atoms with Crippen LogP contribution in [0.5, 0.6) is 0 Å². The van der Waals surface area contributed by atoms with Gasteiger partial charge in [-0.25, -0.2) is 0 Å². The van der Waals surface area contributed by atoms with Gasteiger partial charge in [-0.2, -0.15) is 0 Å². The van der Waals surface area contributed by atoms with Crippen molar-refractivity contribution >= 4 is 11.6 Å². The highest BCUT2D eigenvalue weighted by Crippen LogP contribution is 2.37. The summed E-state index contributed by atoms with van der Waals surface area (Å²) in [6.45, 7) is 4.75. The Morgan fingerprint density at radius 1 is 1.06 bits per heavy atom. The molecule has 0 aromatic heterocycles. The van der Waals surface area contributed by atoms with Crippen LogP contribution in [-0.4, -0.2) is 37.1 Å². The Morgan fingerprint density at radius 3 is 2.50 bits per heavy atom. The van der Waals surface area contributed by atoms with Gasteiger partial charge in [-0.1, -0.05) is 23.7 Å². The maximum Gasteiger partial charge on any atom is 0.0406 e. The van der Waals surface area contributed by atoms with Gasteiger partial charge in [-0.05, 0) is 42.9 Å². The predicted octanol–water partition coefficient (Wildman–Crippen LogP) is 2.88. The predicted molar refractivity (Wildman–Crippen MR) is 76.3 cm³/mol. The van der Waals surface area contributed by atoms with E-state index in [1.165, 1.54) is 37.9 Å². The van der Waals surface area contributed by atoms with Gasteiger partial charge >= 0.3 is 0 Å². The fourth-order valence-corrected chi connectivity index (χ4v) is 3.50. The highest BCUT2D eigenvalue weighted by atomic mass is 35.5. The summed E-state index contributed by atoms with van der Waals surface area (Å²) in [5.41, 5.74) is 1.47. The average Bonchev–Trinajstić information content (AvgIpc) is 2.90. The lowest BCUT2D eigenvalue weighted by molar-refractivity contribution is 0.174. The van der Waals surface area contributed by atoms with E-state index in [2.05, 4.69) is 22.3 Å². The van der Waals surface area contributed by atoms with Crippen LogP contribution < -0.4 is 5.32 Å². The van der Waals surface area contributed by atoms with Gasteiger partial charge in [0.15, 0.2) is 0 Å². The summed E-state index contributed by atoms with van der Waals surface area (Å²) in [7, 11) is 0. The molecule has 2 unspecified atom stereocenters. The molecular formula is C15H21ClN2. The lowest BCUT2D eigenvalue weighted by Gasteiger charge is -2.32. The molecule has 1 saturated carbocycles. The summed E-state index contributed by atoms with van der Waals surface area (Å²) < 4.78 is 0. The molecule has 2 atom stereocenters. The van der Waals surface area contributed by atoms with E-state index in [1.54, 1.807) is 0 Å². The van der Waals surface area contributed by atoms with Crippen molar-refractivity contribution in [1.29, 1.82) is 0 Å². The fraction of sp³-hybridized carbons (Fsp3) is 0.600. The zero-order valence-electron chi connectivity index (χ0n) is 10.7. The van der Waals surface area contributed by atoms with Crippen LogP contribution in [0.1, 0.15) is 30.7 Å². The minimum absolute atomic E-state index is 0.738. The van der Waals surface area contributed by atoms with Gasteiger partial charge in [0.05, 0.1) is 0 Å². The maximum atomic E-state index is 5.95. The molecule has 1 aliphatic heterocycles. The third-order valence-electron chi connectivity index (χ3n) is 4.41. The fourth-order valence-electron chi connectivity index (χ4n) is 3.37. The number of halogens is 1. The molecule has 1 heterocycles. The molecule has 1 aromatic rings. The molecule has 3 heteroatoms. The van der Waals surface area contributed by atoms with Gasteiger partial charge in [0.25, 0.3) is 0 Å². The molecule has 0 amide bonds. The number of nitrogens with one attached hydrogen (secondary N) is 1. The molecular weight excluding hydrogens is 244 g/mol. The van der Waals surface area contributed by atoms with Gasteiger partial charge in [-0.15, -0.1) is 0 Å². The van der Waals surface area contributed by atoms with Crippen LogP contribution in [0, 0.1) is 0 Å². The van der Waals surface area contributed by atoms with Crippen molar-refractivity contribution in [3.05, 3.63) is 34.9 Å². The monoisotopic (exact) mass is 264 g/mol. The third kappa shape index (κ3) is 2.71. The standard InChI is InChI=1S/C15H21ClN2/c16-14-4-1-12(2-5-14)13-3-6-15(11-13)18-9-7-17-8-10-18/h1-2,4-5,13,15,17H,3,6-11H2. The minimum atomic E-state index is 0.738. The van der Waals surface area contributed by atoms with Gasteiger partial charge in [0, 0.05) is 37.2 Å². The Kier molecular flexibility index (Phi) is 3.88. The molecule has 2 nitrogen and oxygen atoms in total. The van der Waals surface area contributed by atoms with Crippen molar-refractivity contribution in [1.82, 2.24) is 10.2 Å². The first-order valence-electron chi connectivity index (χ1n) is 7.03. The lowest BCUT2D eigenvalue weighted by Crippen LogP contribution is -2.47. The van der Waals surface area contributed by atoms with Crippen molar-refractivity contribution in [3.63, 3.8) is 0 Å². The summed E-state index contributed by atoms with van der Waals surface area (Å²) in [6.07, 6.45) is 4.01. The number of hydrogen-bond donors (Lipinski definition) is 1. The van der Waals surface area contributed by atoms with E-state index in [0.717, 1.165) is 30.1 Å². The normalized spacial score (nSPS) is 29.6. The molecule has 2 fully saturated rings. The van der Waals surface area contributed by atoms with Crippen LogP contribution in [0.15, 0.2) is 24.3 Å². The SMILES string of the molecule is Clc1ccc(C2CCC(N3CCNCC3)C2)cc1. The summed E-state index contributed by atoms with van der Waals surface area (Å²) in [5.74, 6) is 0.738. The number of piperazine rings is 1. The topological polar surface area (TPSA) is 15.3 Å². The largest absolute Gasteiger partial charge is 0.314 e. The van der Waals surface area contributed by atoms with E-state index in [0.29, 0.717) is 0 Å². The smallest absolute Gasteiger partial charge is 0.0406 e. The molecule has 2 aliphatic rings. The molecule has 18 heavy (non-hydrogen) atoms. The second-order valence-electron chi connectivity index (χ2n) is 5.50. The van der Waals surface area contributed by atoms with E-state index in [4.69, 9.17) is 11.6 Å². The Labute approximate surface area is 114 Å². The van der Waals surface area contributed by atoms with E-state index in [1.807, 2.05) is 12.1 Å². The summed E-state index contributed by atoms with van der Waals surface area (Å²) in [5, 5.41) is 4.27. The number of hydrogen-bond acceptors (Lipinski definition) is 2. The van der Waals surface area contributed by atoms with Crippen molar-refractivity contribution in [2.24, 2.45) is 0 Å². The maximum absolute atomic E-state index is 5.95. The summed E-state index contributed by atoms with van der Waals surface area (Å²) in [6, 6.07) is 9.25. The van der Waals surface area contributed by atoms with Crippen molar-refractivity contribution in [2.75, 3.05) is 26.2 Å². The average molecular weight is 265 g/mol. The van der Waals surface area contributed by atoms with Gasteiger partial charge in [0.2, 0.25) is 0 Å². The zero-order valence-corrected chi connectivity index (χ0v) is 11.5.